The average molecular weight is 478 g/mol. The minimum Gasteiger partial charge on any atom is -0.480 e. The smallest absolute Gasteiger partial charge is 0.326 e. The molecule has 4 rings (SSSR count). The normalized spacial score (nSPS) is 20.1. The van der Waals surface area contributed by atoms with Gasteiger partial charge in [-0.25, -0.2) is 9.78 Å². The summed E-state index contributed by atoms with van der Waals surface area (Å²) in [6.07, 6.45) is 8.31. The first kappa shape index (κ1) is 23.3. The summed E-state index contributed by atoms with van der Waals surface area (Å²) in [6, 6.07) is -0.780. The van der Waals surface area contributed by atoms with Crippen molar-refractivity contribution in [3.8, 4) is 0 Å². The number of hydrogen-bond donors (Lipinski definition) is 1. The van der Waals surface area contributed by atoms with Crippen molar-refractivity contribution >= 4 is 45.2 Å². The maximum Gasteiger partial charge on any atom is 0.326 e. The van der Waals surface area contributed by atoms with E-state index in [-0.39, 0.29) is 23.3 Å². The minimum absolute atomic E-state index is 0.0000778. The van der Waals surface area contributed by atoms with Crippen LogP contribution in [0.15, 0.2) is 9.95 Å². The Morgan fingerprint density at radius 1 is 1.22 bits per heavy atom. The van der Waals surface area contributed by atoms with E-state index in [0.717, 1.165) is 55.2 Å². The SMILES string of the molecule is CCC(C)n1c(SCC(=O)N2CCCCC2C(=O)O)nc2sc3c(c2c1=O)CCCCC3. The molecule has 174 valence electrons. The Labute approximate surface area is 196 Å². The largest absolute Gasteiger partial charge is 0.480 e. The fourth-order valence-electron chi connectivity index (χ4n) is 4.74. The van der Waals surface area contributed by atoms with Gasteiger partial charge in [0.2, 0.25) is 5.91 Å². The lowest BCUT2D eigenvalue weighted by molar-refractivity contribution is -0.150. The van der Waals surface area contributed by atoms with Crippen molar-refractivity contribution < 1.29 is 14.7 Å². The summed E-state index contributed by atoms with van der Waals surface area (Å²) < 4.78 is 1.75. The molecule has 7 nitrogen and oxygen atoms in total. The Morgan fingerprint density at radius 3 is 2.75 bits per heavy atom. The number of thiophene rings is 1. The molecule has 3 heterocycles. The van der Waals surface area contributed by atoms with Crippen molar-refractivity contribution in [1.29, 1.82) is 0 Å². The van der Waals surface area contributed by atoms with E-state index in [1.165, 1.54) is 33.5 Å². The molecule has 2 unspecified atom stereocenters. The molecule has 0 aromatic carbocycles. The van der Waals surface area contributed by atoms with E-state index in [4.69, 9.17) is 4.98 Å². The van der Waals surface area contributed by atoms with Crippen molar-refractivity contribution in [3.05, 3.63) is 20.8 Å². The molecule has 2 aromatic rings. The number of carboxylic acids is 1. The van der Waals surface area contributed by atoms with E-state index in [1.807, 2.05) is 13.8 Å². The van der Waals surface area contributed by atoms with Gasteiger partial charge in [-0.15, -0.1) is 11.3 Å². The molecule has 2 atom stereocenters. The predicted octanol–water partition coefficient (Wildman–Crippen LogP) is 4.26. The number of likely N-dealkylation sites (tertiary alicyclic amines) is 1. The van der Waals surface area contributed by atoms with E-state index in [9.17, 15) is 19.5 Å². The lowest BCUT2D eigenvalue weighted by Crippen LogP contribution is -2.48. The molecule has 0 saturated carbocycles. The van der Waals surface area contributed by atoms with Crippen molar-refractivity contribution in [1.82, 2.24) is 14.5 Å². The summed E-state index contributed by atoms with van der Waals surface area (Å²) in [4.78, 5) is 46.5. The highest BCUT2D eigenvalue weighted by Crippen LogP contribution is 2.35. The van der Waals surface area contributed by atoms with Crippen LogP contribution in [-0.4, -0.2) is 49.8 Å². The zero-order valence-corrected chi connectivity index (χ0v) is 20.4. The zero-order valence-electron chi connectivity index (χ0n) is 18.8. The van der Waals surface area contributed by atoms with E-state index in [2.05, 4.69) is 0 Å². The van der Waals surface area contributed by atoms with Crippen LogP contribution in [0.5, 0.6) is 0 Å². The van der Waals surface area contributed by atoms with Gasteiger partial charge in [0.15, 0.2) is 5.16 Å². The Kier molecular flexibility index (Phi) is 7.24. The number of carbonyl (C=O) groups excluding carboxylic acids is 1. The predicted molar refractivity (Wildman–Crippen MR) is 128 cm³/mol. The second kappa shape index (κ2) is 9.95. The highest BCUT2D eigenvalue weighted by molar-refractivity contribution is 7.99. The number of aryl methyl sites for hydroxylation is 2. The molecular weight excluding hydrogens is 446 g/mol. The fourth-order valence-corrected chi connectivity index (χ4v) is 7.03. The maximum absolute atomic E-state index is 13.6. The Morgan fingerprint density at radius 2 is 2.00 bits per heavy atom. The van der Waals surface area contributed by atoms with Crippen molar-refractivity contribution in [2.75, 3.05) is 12.3 Å². The number of carboxylic acid groups (broad SMARTS) is 1. The monoisotopic (exact) mass is 477 g/mol. The molecule has 1 amide bonds. The van der Waals surface area contributed by atoms with Crippen LogP contribution in [0.3, 0.4) is 0 Å². The second-order valence-electron chi connectivity index (χ2n) is 8.80. The number of fused-ring (bicyclic) bond motifs is 3. The molecule has 0 radical (unpaired) electrons. The van der Waals surface area contributed by atoms with Crippen LogP contribution in [-0.2, 0) is 22.4 Å². The highest BCUT2D eigenvalue weighted by atomic mass is 32.2. The fraction of sp³-hybridized carbons (Fsp3) is 0.652. The van der Waals surface area contributed by atoms with Gasteiger partial charge in [0.25, 0.3) is 5.56 Å². The number of aliphatic carboxylic acids is 1. The summed E-state index contributed by atoms with van der Waals surface area (Å²) in [5.41, 5.74) is 1.18. The van der Waals surface area contributed by atoms with Crippen LogP contribution < -0.4 is 5.56 Å². The van der Waals surface area contributed by atoms with E-state index in [0.29, 0.717) is 18.1 Å². The highest BCUT2D eigenvalue weighted by Gasteiger charge is 2.32. The number of piperidine rings is 1. The Balaban J connectivity index is 1.66. The number of hydrogen-bond acceptors (Lipinski definition) is 6. The van der Waals surface area contributed by atoms with Crippen LogP contribution in [0.1, 0.15) is 75.3 Å². The molecule has 1 aliphatic carbocycles. The van der Waals surface area contributed by atoms with E-state index in [1.54, 1.807) is 15.9 Å². The maximum atomic E-state index is 13.6. The molecular formula is C23H31N3O4S2. The quantitative estimate of drug-likeness (QED) is 0.380. The number of nitrogens with zero attached hydrogens (tertiary/aromatic N) is 3. The number of carbonyl (C=O) groups is 2. The summed E-state index contributed by atoms with van der Waals surface area (Å²) >= 11 is 2.88. The van der Waals surface area contributed by atoms with Gasteiger partial charge < -0.3 is 10.0 Å². The van der Waals surface area contributed by atoms with Crippen molar-refractivity contribution in [2.45, 2.75) is 88.9 Å². The summed E-state index contributed by atoms with van der Waals surface area (Å²) in [7, 11) is 0. The third-order valence-electron chi connectivity index (χ3n) is 6.70. The Bertz CT molecular complexity index is 1080. The molecule has 1 N–H and O–H groups in total. The molecule has 2 aliphatic rings. The van der Waals surface area contributed by atoms with Gasteiger partial charge in [-0.05, 0) is 63.9 Å². The van der Waals surface area contributed by atoms with Crippen molar-refractivity contribution in [3.63, 3.8) is 0 Å². The molecule has 1 saturated heterocycles. The summed E-state index contributed by atoms with van der Waals surface area (Å²) in [5.74, 6) is -1.06. The number of rotatable bonds is 6. The van der Waals surface area contributed by atoms with Gasteiger partial charge >= 0.3 is 5.97 Å². The Hall–Kier alpha value is -1.87. The zero-order chi connectivity index (χ0) is 22.8. The minimum atomic E-state index is -0.945. The first-order valence-electron chi connectivity index (χ1n) is 11.6. The number of amides is 1. The van der Waals surface area contributed by atoms with Crippen LogP contribution in [0.4, 0.5) is 0 Å². The molecule has 0 spiro atoms. The van der Waals surface area contributed by atoms with E-state index < -0.39 is 12.0 Å². The number of thioether (sulfide) groups is 1. The second-order valence-corrected chi connectivity index (χ2v) is 10.8. The summed E-state index contributed by atoms with van der Waals surface area (Å²) in [6.45, 7) is 4.52. The summed E-state index contributed by atoms with van der Waals surface area (Å²) in [5, 5.41) is 10.8. The van der Waals surface area contributed by atoms with Gasteiger partial charge in [-0.3, -0.25) is 14.2 Å². The lowest BCUT2D eigenvalue weighted by Gasteiger charge is -2.32. The van der Waals surface area contributed by atoms with Crippen LogP contribution >= 0.6 is 23.1 Å². The molecule has 2 aromatic heterocycles. The first-order valence-corrected chi connectivity index (χ1v) is 13.4. The average Bonchev–Trinajstić information content (AvgIpc) is 2.98. The molecule has 9 heteroatoms. The van der Waals surface area contributed by atoms with Gasteiger partial charge in [-0.1, -0.05) is 25.1 Å². The molecule has 1 fully saturated rings. The van der Waals surface area contributed by atoms with Crippen LogP contribution in [0, 0.1) is 0 Å². The third-order valence-corrected chi connectivity index (χ3v) is 8.83. The topological polar surface area (TPSA) is 92.5 Å². The van der Waals surface area contributed by atoms with Crippen molar-refractivity contribution in [2.24, 2.45) is 0 Å². The van der Waals surface area contributed by atoms with Crippen LogP contribution in [0.2, 0.25) is 0 Å². The van der Waals surface area contributed by atoms with E-state index >= 15 is 0 Å². The van der Waals surface area contributed by atoms with Gasteiger partial charge in [0.05, 0.1) is 11.1 Å². The standard InChI is InChI=1S/C23H31N3O4S2/c1-3-14(2)26-21(28)19-15-9-5-4-6-11-17(15)32-20(19)24-23(26)31-13-18(27)25-12-8-7-10-16(25)22(29)30/h14,16H,3-13H2,1-2H3,(H,29,30). The molecule has 0 bridgehead atoms. The third kappa shape index (κ3) is 4.46. The van der Waals surface area contributed by atoms with Gasteiger partial charge in [-0.2, -0.15) is 0 Å². The molecule has 32 heavy (non-hydrogen) atoms. The first-order chi connectivity index (χ1) is 15.4. The lowest BCUT2D eigenvalue weighted by atomic mass is 10.0. The van der Waals surface area contributed by atoms with Gasteiger partial charge in [0, 0.05) is 17.5 Å². The molecule has 1 aliphatic heterocycles. The van der Waals surface area contributed by atoms with Gasteiger partial charge in [0.1, 0.15) is 10.9 Å². The van der Waals surface area contributed by atoms with Crippen LogP contribution in [0.25, 0.3) is 10.2 Å². The number of aromatic nitrogens is 2.